The number of piperidine rings is 1. The Bertz CT molecular complexity index is 1420. The molecule has 37 heavy (non-hydrogen) atoms. The van der Waals surface area contributed by atoms with Gasteiger partial charge in [-0.2, -0.15) is 5.10 Å². The molecule has 1 aliphatic heterocycles. The SMILES string of the molecule is Cc1ccc(C(=O)N2CCC(c3ccc(-c4cnn(C)c4)cc3)CC2)cc1CC(=O)c1cnc(Cl)nc1. The summed E-state index contributed by atoms with van der Waals surface area (Å²) in [5, 5.41) is 4.35. The van der Waals surface area contributed by atoms with E-state index in [1.54, 1.807) is 4.68 Å². The van der Waals surface area contributed by atoms with Gasteiger partial charge in [-0.3, -0.25) is 14.3 Å². The lowest BCUT2D eigenvalue weighted by molar-refractivity contribution is 0.0712. The van der Waals surface area contributed by atoms with Gasteiger partial charge in [-0.25, -0.2) is 9.97 Å². The zero-order valence-corrected chi connectivity index (χ0v) is 21.7. The van der Waals surface area contributed by atoms with Crippen LogP contribution in [0.1, 0.15) is 56.2 Å². The molecule has 8 heteroatoms. The summed E-state index contributed by atoms with van der Waals surface area (Å²) in [4.78, 5) is 35.7. The molecule has 1 aliphatic rings. The van der Waals surface area contributed by atoms with Crippen molar-refractivity contribution < 1.29 is 9.59 Å². The summed E-state index contributed by atoms with van der Waals surface area (Å²) in [5.41, 5.74) is 6.37. The molecule has 0 atom stereocenters. The molecule has 0 bridgehead atoms. The van der Waals surface area contributed by atoms with Crippen LogP contribution in [0.15, 0.2) is 67.3 Å². The van der Waals surface area contributed by atoms with Crippen molar-refractivity contribution in [3.8, 4) is 11.1 Å². The van der Waals surface area contributed by atoms with E-state index in [0.717, 1.165) is 35.1 Å². The lowest BCUT2D eigenvalue weighted by atomic mass is 9.88. The maximum absolute atomic E-state index is 13.3. The van der Waals surface area contributed by atoms with Crippen molar-refractivity contribution in [1.29, 1.82) is 0 Å². The van der Waals surface area contributed by atoms with Crippen LogP contribution in [0.3, 0.4) is 0 Å². The molecule has 4 aromatic rings. The van der Waals surface area contributed by atoms with E-state index in [0.29, 0.717) is 30.1 Å². The quantitative estimate of drug-likeness (QED) is 0.259. The molecule has 0 unspecified atom stereocenters. The van der Waals surface area contributed by atoms with E-state index >= 15 is 0 Å². The van der Waals surface area contributed by atoms with E-state index in [9.17, 15) is 9.59 Å². The van der Waals surface area contributed by atoms with Crippen molar-refractivity contribution in [1.82, 2.24) is 24.6 Å². The number of hydrogen-bond acceptors (Lipinski definition) is 5. The van der Waals surface area contributed by atoms with Crippen molar-refractivity contribution in [2.75, 3.05) is 13.1 Å². The first-order chi connectivity index (χ1) is 17.9. The first-order valence-electron chi connectivity index (χ1n) is 12.4. The summed E-state index contributed by atoms with van der Waals surface area (Å²) < 4.78 is 1.81. The Labute approximate surface area is 221 Å². The lowest BCUT2D eigenvalue weighted by Crippen LogP contribution is -2.38. The average Bonchev–Trinajstić information content (AvgIpc) is 3.36. The van der Waals surface area contributed by atoms with Crippen molar-refractivity contribution in [3.63, 3.8) is 0 Å². The van der Waals surface area contributed by atoms with Gasteiger partial charge in [0.2, 0.25) is 5.28 Å². The fourth-order valence-corrected chi connectivity index (χ4v) is 4.94. The van der Waals surface area contributed by atoms with E-state index in [2.05, 4.69) is 39.3 Å². The zero-order valence-electron chi connectivity index (χ0n) is 20.9. The van der Waals surface area contributed by atoms with Gasteiger partial charge in [-0.05, 0) is 71.7 Å². The van der Waals surface area contributed by atoms with E-state index in [1.807, 2.05) is 49.5 Å². The van der Waals surface area contributed by atoms with Crippen LogP contribution in [0, 0.1) is 6.92 Å². The molecule has 1 amide bonds. The maximum Gasteiger partial charge on any atom is 0.253 e. The zero-order chi connectivity index (χ0) is 25.9. The standard InChI is InChI=1S/C29H28ClN5O2/c1-19-3-4-23(13-24(19)14-27(36)25-15-31-29(30)32-16-25)28(37)35-11-9-22(10-12-35)20-5-7-21(8-6-20)26-17-33-34(2)18-26/h3-8,13,15-18,22H,9-12,14H2,1-2H3. The van der Waals surface area contributed by atoms with Gasteiger partial charge in [-0.1, -0.05) is 30.3 Å². The molecule has 0 spiro atoms. The minimum Gasteiger partial charge on any atom is -0.339 e. The predicted octanol–water partition coefficient (Wildman–Crippen LogP) is 5.28. The van der Waals surface area contributed by atoms with Gasteiger partial charge in [0.25, 0.3) is 5.91 Å². The predicted molar refractivity (Wildman–Crippen MR) is 143 cm³/mol. The van der Waals surface area contributed by atoms with Gasteiger partial charge in [0.15, 0.2) is 5.78 Å². The fraction of sp³-hybridized carbons (Fsp3) is 0.276. The van der Waals surface area contributed by atoms with Gasteiger partial charge >= 0.3 is 0 Å². The molecule has 0 aliphatic carbocycles. The Morgan fingerprint density at radius 2 is 1.65 bits per heavy atom. The highest BCUT2D eigenvalue weighted by atomic mass is 35.5. The van der Waals surface area contributed by atoms with Gasteiger partial charge in [-0.15, -0.1) is 0 Å². The topological polar surface area (TPSA) is 81.0 Å². The van der Waals surface area contributed by atoms with E-state index < -0.39 is 0 Å². The molecule has 2 aromatic carbocycles. The Balaban J connectivity index is 1.21. The minimum atomic E-state index is -0.111. The van der Waals surface area contributed by atoms with Crippen LogP contribution in [0.2, 0.25) is 5.28 Å². The lowest BCUT2D eigenvalue weighted by Gasteiger charge is -2.32. The van der Waals surface area contributed by atoms with Crippen LogP contribution in [0.25, 0.3) is 11.1 Å². The summed E-state index contributed by atoms with van der Waals surface area (Å²) in [6.45, 7) is 3.36. The summed E-state index contributed by atoms with van der Waals surface area (Å²) in [5.74, 6) is 0.327. The van der Waals surface area contributed by atoms with Gasteiger partial charge in [0.1, 0.15) is 0 Å². The number of aryl methyl sites for hydroxylation is 2. The van der Waals surface area contributed by atoms with Gasteiger partial charge in [0, 0.05) is 56.3 Å². The number of amides is 1. The Hall–Kier alpha value is -3.84. The van der Waals surface area contributed by atoms with Crippen LogP contribution in [-0.4, -0.2) is 49.4 Å². The van der Waals surface area contributed by atoms with Crippen LogP contribution >= 0.6 is 11.6 Å². The molecule has 3 heterocycles. The molecule has 5 rings (SSSR count). The smallest absolute Gasteiger partial charge is 0.253 e. The number of halogens is 1. The second-order valence-corrected chi connectivity index (χ2v) is 9.91. The average molecular weight is 514 g/mol. The molecule has 1 fully saturated rings. The second kappa shape index (κ2) is 10.6. The first kappa shape index (κ1) is 24.8. The normalized spacial score (nSPS) is 14.1. The third-order valence-corrected chi connectivity index (χ3v) is 7.29. The molecular formula is C29H28ClN5O2. The molecule has 2 aromatic heterocycles. The Morgan fingerprint density at radius 3 is 2.30 bits per heavy atom. The number of aromatic nitrogens is 4. The summed E-state index contributed by atoms with van der Waals surface area (Å²) >= 11 is 5.73. The molecule has 1 saturated heterocycles. The molecule has 7 nitrogen and oxygen atoms in total. The number of ketones is 1. The van der Waals surface area contributed by atoms with E-state index in [-0.39, 0.29) is 23.4 Å². The highest BCUT2D eigenvalue weighted by molar-refractivity contribution is 6.28. The largest absolute Gasteiger partial charge is 0.339 e. The number of carbonyl (C=O) groups excluding carboxylic acids is 2. The molecule has 0 N–H and O–H groups in total. The molecule has 0 saturated carbocycles. The van der Waals surface area contributed by atoms with Gasteiger partial charge < -0.3 is 4.90 Å². The highest BCUT2D eigenvalue weighted by Crippen LogP contribution is 2.30. The number of nitrogens with zero attached hydrogens (tertiary/aromatic N) is 5. The van der Waals surface area contributed by atoms with Gasteiger partial charge in [0.05, 0.1) is 11.8 Å². The third-order valence-electron chi connectivity index (χ3n) is 7.09. The summed E-state index contributed by atoms with van der Waals surface area (Å²) in [7, 11) is 1.92. The van der Waals surface area contributed by atoms with Crippen molar-refractivity contribution in [2.45, 2.75) is 32.1 Å². The maximum atomic E-state index is 13.3. The number of benzene rings is 2. The first-order valence-corrected chi connectivity index (χ1v) is 12.7. The minimum absolute atomic E-state index is 0.00824. The Morgan fingerprint density at radius 1 is 0.946 bits per heavy atom. The summed E-state index contributed by atoms with van der Waals surface area (Å²) in [6.07, 6.45) is 8.76. The summed E-state index contributed by atoms with van der Waals surface area (Å²) in [6, 6.07) is 14.3. The van der Waals surface area contributed by atoms with Crippen molar-refractivity contribution in [2.24, 2.45) is 7.05 Å². The van der Waals surface area contributed by atoms with Crippen LogP contribution < -0.4 is 0 Å². The van der Waals surface area contributed by atoms with Crippen LogP contribution in [0.5, 0.6) is 0 Å². The highest BCUT2D eigenvalue weighted by Gasteiger charge is 2.25. The molecule has 188 valence electrons. The Kier molecular flexibility index (Phi) is 7.15. The number of rotatable bonds is 6. The third kappa shape index (κ3) is 5.62. The van der Waals surface area contributed by atoms with Crippen LogP contribution in [-0.2, 0) is 13.5 Å². The van der Waals surface area contributed by atoms with E-state index in [4.69, 9.17) is 11.6 Å². The molecule has 0 radical (unpaired) electrons. The number of Topliss-reactive ketones (excluding diaryl/α,β-unsaturated/α-hetero) is 1. The second-order valence-electron chi connectivity index (χ2n) is 9.57. The van der Waals surface area contributed by atoms with Crippen LogP contribution in [0.4, 0.5) is 0 Å². The number of carbonyl (C=O) groups is 2. The van der Waals surface area contributed by atoms with Crippen molar-refractivity contribution >= 4 is 23.3 Å². The monoisotopic (exact) mass is 513 g/mol. The van der Waals surface area contributed by atoms with E-state index in [1.165, 1.54) is 18.0 Å². The van der Waals surface area contributed by atoms with Crippen molar-refractivity contribution in [3.05, 3.63) is 100 Å². The molecular weight excluding hydrogens is 486 g/mol. The fourth-order valence-electron chi connectivity index (χ4n) is 4.84. The number of hydrogen-bond donors (Lipinski definition) is 0. The number of likely N-dealkylation sites (tertiary alicyclic amines) is 1.